The summed E-state index contributed by atoms with van der Waals surface area (Å²) in [6.07, 6.45) is 4.15. The van der Waals surface area contributed by atoms with Crippen molar-refractivity contribution in [1.82, 2.24) is 20.1 Å². The van der Waals surface area contributed by atoms with Crippen LogP contribution in [0.2, 0.25) is 0 Å². The minimum Gasteiger partial charge on any atom is -0.368 e. The summed E-state index contributed by atoms with van der Waals surface area (Å²) in [6.45, 7) is 2.12. The van der Waals surface area contributed by atoms with Gasteiger partial charge in [-0.25, -0.2) is 0 Å². The van der Waals surface area contributed by atoms with Crippen LogP contribution in [0.3, 0.4) is 0 Å². The fourth-order valence-electron chi connectivity index (χ4n) is 2.73. The summed E-state index contributed by atoms with van der Waals surface area (Å²) in [6, 6.07) is 10.5. The summed E-state index contributed by atoms with van der Waals surface area (Å²) in [5.41, 5.74) is 7.00. The van der Waals surface area contributed by atoms with E-state index < -0.39 is 0 Å². The maximum absolute atomic E-state index is 12.4. The van der Waals surface area contributed by atoms with E-state index in [0.29, 0.717) is 17.7 Å². The normalized spacial score (nSPS) is 15.2. The summed E-state index contributed by atoms with van der Waals surface area (Å²) in [7, 11) is 0. The molecule has 1 amide bonds. The summed E-state index contributed by atoms with van der Waals surface area (Å²) in [5, 5.41) is 11.9. The zero-order valence-electron chi connectivity index (χ0n) is 13.8. The van der Waals surface area contributed by atoms with E-state index in [0.717, 1.165) is 36.4 Å². The van der Waals surface area contributed by atoms with Crippen molar-refractivity contribution in [3.63, 3.8) is 0 Å². The first kappa shape index (κ1) is 16.8. The molecule has 24 heavy (non-hydrogen) atoms. The molecule has 1 fully saturated rings. The second kappa shape index (κ2) is 7.70. The average Bonchev–Trinajstić information content (AvgIpc) is 3.36. The van der Waals surface area contributed by atoms with Gasteiger partial charge >= 0.3 is 0 Å². The highest BCUT2D eigenvalue weighted by molar-refractivity contribution is 7.99. The van der Waals surface area contributed by atoms with E-state index in [4.69, 9.17) is 5.73 Å². The molecule has 6 nitrogen and oxygen atoms in total. The molecule has 1 heterocycles. The largest absolute Gasteiger partial charge is 0.368 e. The van der Waals surface area contributed by atoms with E-state index in [2.05, 4.69) is 34.6 Å². The van der Waals surface area contributed by atoms with Gasteiger partial charge in [-0.05, 0) is 24.8 Å². The van der Waals surface area contributed by atoms with Crippen molar-refractivity contribution in [2.75, 3.05) is 11.5 Å². The highest BCUT2D eigenvalue weighted by atomic mass is 32.2. The van der Waals surface area contributed by atoms with Gasteiger partial charge in [-0.15, -0.1) is 10.2 Å². The van der Waals surface area contributed by atoms with Gasteiger partial charge in [-0.3, -0.25) is 9.36 Å². The van der Waals surface area contributed by atoms with Crippen LogP contribution >= 0.6 is 11.8 Å². The second-order valence-electron chi connectivity index (χ2n) is 6.05. The molecule has 1 unspecified atom stereocenters. The number of hydrogen-bond donors (Lipinski definition) is 2. The van der Waals surface area contributed by atoms with Gasteiger partial charge in [0, 0.05) is 6.04 Å². The van der Waals surface area contributed by atoms with E-state index in [1.165, 1.54) is 11.8 Å². The van der Waals surface area contributed by atoms with Gasteiger partial charge in [-0.1, -0.05) is 55.4 Å². The molecule has 7 heteroatoms. The Hall–Kier alpha value is -2.02. The number of thioether (sulfide) groups is 1. The third-order valence-corrected chi connectivity index (χ3v) is 4.99. The van der Waals surface area contributed by atoms with Crippen molar-refractivity contribution in [3.8, 4) is 0 Å². The molecular weight excluding hydrogens is 322 g/mol. The maximum atomic E-state index is 12.4. The minimum atomic E-state index is 0.00576. The van der Waals surface area contributed by atoms with Crippen LogP contribution in [-0.2, 0) is 4.79 Å². The fourth-order valence-corrected chi connectivity index (χ4v) is 3.55. The molecular formula is C17H23N5OS. The van der Waals surface area contributed by atoms with Gasteiger partial charge in [0.15, 0.2) is 5.16 Å². The third-order valence-electron chi connectivity index (χ3n) is 4.05. The summed E-state index contributed by atoms with van der Waals surface area (Å²) in [4.78, 5) is 12.4. The average molecular weight is 345 g/mol. The first-order valence-electron chi connectivity index (χ1n) is 8.36. The molecule has 3 N–H and O–H groups in total. The number of anilines is 1. The molecule has 0 saturated heterocycles. The Balaban J connectivity index is 1.58. The number of nitrogen functional groups attached to an aromatic ring is 1. The van der Waals surface area contributed by atoms with Crippen LogP contribution in [-0.4, -0.2) is 26.4 Å². The number of benzene rings is 1. The van der Waals surface area contributed by atoms with Gasteiger partial charge < -0.3 is 11.1 Å². The molecule has 0 bridgehead atoms. The molecule has 1 aliphatic rings. The van der Waals surface area contributed by atoms with Crippen LogP contribution in [0.1, 0.15) is 50.3 Å². The van der Waals surface area contributed by atoms with Crippen molar-refractivity contribution in [2.24, 2.45) is 0 Å². The fraction of sp³-hybridized carbons (Fsp3) is 0.471. The standard InChI is InChI=1S/C17H23N5OS/c1-2-6-14(12-7-4-3-5-8-12)19-15(23)11-24-17-21-20-16(18)22(17)13-9-10-13/h3-5,7-8,13-14H,2,6,9-11H2,1H3,(H2,18,20)(H,19,23). The van der Waals surface area contributed by atoms with Crippen LogP contribution in [0.25, 0.3) is 0 Å². The Morgan fingerprint density at radius 1 is 1.38 bits per heavy atom. The predicted molar refractivity (Wildman–Crippen MR) is 95.7 cm³/mol. The smallest absolute Gasteiger partial charge is 0.230 e. The molecule has 3 rings (SSSR count). The molecule has 0 radical (unpaired) electrons. The Kier molecular flexibility index (Phi) is 5.40. The monoisotopic (exact) mass is 345 g/mol. The lowest BCUT2D eigenvalue weighted by atomic mass is 10.0. The van der Waals surface area contributed by atoms with Crippen LogP contribution in [0.4, 0.5) is 5.95 Å². The van der Waals surface area contributed by atoms with Crippen LogP contribution in [0.5, 0.6) is 0 Å². The van der Waals surface area contributed by atoms with Crippen LogP contribution < -0.4 is 11.1 Å². The number of amides is 1. The van der Waals surface area contributed by atoms with Crippen molar-refractivity contribution in [3.05, 3.63) is 35.9 Å². The van der Waals surface area contributed by atoms with Crippen LogP contribution in [0, 0.1) is 0 Å². The number of carbonyl (C=O) groups is 1. The number of rotatable bonds is 8. The van der Waals surface area contributed by atoms with E-state index in [-0.39, 0.29) is 11.9 Å². The lowest BCUT2D eigenvalue weighted by Crippen LogP contribution is -2.30. The van der Waals surface area contributed by atoms with E-state index >= 15 is 0 Å². The maximum Gasteiger partial charge on any atom is 0.230 e. The summed E-state index contributed by atoms with van der Waals surface area (Å²) in [5.74, 6) is 0.762. The van der Waals surface area contributed by atoms with Gasteiger partial charge in [-0.2, -0.15) is 0 Å². The zero-order chi connectivity index (χ0) is 16.9. The Labute approximate surface area is 146 Å². The first-order chi connectivity index (χ1) is 11.7. The molecule has 1 aromatic heterocycles. The lowest BCUT2D eigenvalue weighted by molar-refractivity contribution is -0.119. The molecule has 1 atom stereocenters. The number of nitrogens with two attached hydrogens (primary N) is 1. The highest BCUT2D eigenvalue weighted by Crippen LogP contribution is 2.39. The molecule has 128 valence electrons. The second-order valence-corrected chi connectivity index (χ2v) is 6.99. The van der Waals surface area contributed by atoms with Gasteiger partial charge in [0.25, 0.3) is 0 Å². The Bertz CT molecular complexity index is 684. The van der Waals surface area contributed by atoms with Gasteiger partial charge in [0.1, 0.15) is 0 Å². The quantitative estimate of drug-likeness (QED) is 0.719. The number of aromatic nitrogens is 3. The molecule has 1 aliphatic carbocycles. The highest BCUT2D eigenvalue weighted by Gasteiger charge is 2.29. The first-order valence-corrected chi connectivity index (χ1v) is 9.35. The van der Waals surface area contributed by atoms with E-state index in [1.807, 2.05) is 22.8 Å². The number of nitrogens with one attached hydrogen (secondary N) is 1. The Morgan fingerprint density at radius 3 is 2.79 bits per heavy atom. The molecule has 1 aromatic carbocycles. The van der Waals surface area contributed by atoms with Gasteiger partial charge in [0.2, 0.25) is 11.9 Å². The number of carbonyl (C=O) groups excluding carboxylic acids is 1. The molecule has 0 spiro atoms. The summed E-state index contributed by atoms with van der Waals surface area (Å²) >= 11 is 1.40. The predicted octanol–water partition coefficient (Wildman–Crippen LogP) is 2.94. The van der Waals surface area contributed by atoms with Crippen molar-refractivity contribution in [2.45, 2.75) is 49.8 Å². The third kappa shape index (κ3) is 4.08. The van der Waals surface area contributed by atoms with Crippen molar-refractivity contribution in [1.29, 1.82) is 0 Å². The lowest BCUT2D eigenvalue weighted by Gasteiger charge is -2.18. The topological polar surface area (TPSA) is 85.8 Å². The van der Waals surface area contributed by atoms with Crippen molar-refractivity contribution >= 4 is 23.6 Å². The minimum absolute atomic E-state index is 0.00576. The number of nitrogens with zero attached hydrogens (tertiary/aromatic N) is 3. The zero-order valence-corrected chi connectivity index (χ0v) is 14.6. The van der Waals surface area contributed by atoms with Crippen LogP contribution in [0.15, 0.2) is 35.5 Å². The van der Waals surface area contributed by atoms with E-state index in [1.54, 1.807) is 0 Å². The molecule has 0 aliphatic heterocycles. The van der Waals surface area contributed by atoms with Crippen molar-refractivity contribution < 1.29 is 4.79 Å². The molecule has 1 saturated carbocycles. The SMILES string of the molecule is CCCC(NC(=O)CSc1nnc(N)n1C1CC1)c1ccccc1. The Morgan fingerprint density at radius 2 is 2.12 bits per heavy atom. The van der Waals surface area contributed by atoms with Gasteiger partial charge in [0.05, 0.1) is 11.8 Å². The summed E-state index contributed by atoms with van der Waals surface area (Å²) < 4.78 is 1.94. The van der Waals surface area contributed by atoms with E-state index in [9.17, 15) is 4.79 Å². The molecule has 2 aromatic rings. The number of hydrogen-bond acceptors (Lipinski definition) is 5.